The van der Waals surface area contributed by atoms with Gasteiger partial charge in [-0.1, -0.05) is 85.0 Å². The zero-order chi connectivity index (χ0) is 23.2. The first kappa shape index (κ1) is 22.7. The van der Waals surface area contributed by atoms with Crippen molar-refractivity contribution in [3.63, 3.8) is 0 Å². The van der Waals surface area contributed by atoms with Crippen LogP contribution in [0.15, 0.2) is 91.0 Å². The van der Waals surface area contributed by atoms with Gasteiger partial charge in [-0.05, 0) is 22.6 Å². The van der Waals surface area contributed by atoms with Crippen LogP contribution in [0.5, 0.6) is 0 Å². The molecule has 0 amide bonds. The zero-order valence-corrected chi connectivity index (χ0v) is 18.7. The number of hydrogen-bond donors (Lipinski definition) is 0. The number of rotatable bonds is 7. The summed E-state index contributed by atoms with van der Waals surface area (Å²) >= 11 is 0. The lowest BCUT2D eigenvalue weighted by molar-refractivity contribution is -0.170. The SMILES string of the molecule is C=CCC(C#N)(C#N)C1=CCC2(CC1C(/C=C/c1ccccc1)c1ccccc1)OCCO2. The molecule has 166 valence electrons. The van der Waals surface area contributed by atoms with Crippen LogP contribution in [-0.4, -0.2) is 19.0 Å². The van der Waals surface area contributed by atoms with E-state index in [1.165, 1.54) is 0 Å². The van der Waals surface area contributed by atoms with Gasteiger partial charge in [0, 0.05) is 25.2 Å². The van der Waals surface area contributed by atoms with Crippen molar-refractivity contribution in [2.45, 2.75) is 31.0 Å². The summed E-state index contributed by atoms with van der Waals surface area (Å²) in [7, 11) is 0. The van der Waals surface area contributed by atoms with E-state index in [-0.39, 0.29) is 18.3 Å². The quantitative estimate of drug-likeness (QED) is 0.487. The third kappa shape index (κ3) is 4.69. The Balaban J connectivity index is 1.83. The molecule has 0 radical (unpaired) electrons. The highest BCUT2D eigenvalue weighted by Crippen LogP contribution is 2.51. The second-order valence-electron chi connectivity index (χ2n) is 8.61. The Bertz CT molecular complexity index is 1090. The molecule has 0 N–H and O–H groups in total. The fraction of sp³-hybridized carbons (Fsp3) is 0.310. The zero-order valence-electron chi connectivity index (χ0n) is 18.7. The van der Waals surface area contributed by atoms with Crippen molar-refractivity contribution in [2.24, 2.45) is 11.3 Å². The molecule has 1 fully saturated rings. The van der Waals surface area contributed by atoms with Gasteiger partial charge in [0.2, 0.25) is 0 Å². The van der Waals surface area contributed by atoms with Crippen molar-refractivity contribution in [3.05, 3.63) is 102 Å². The monoisotopic (exact) mass is 436 g/mol. The van der Waals surface area contributed by atoms with Gasteiger partial charge in [0.1, 0.15) is 0 Å². The van der Waals surface area contributed by atoms with Gasteiger partial charge in [0.25, 0.3) is 0 Å². The second-order valence-corrected chi connectivity index (χ2v) is 8.61. The minimum Gasteiger partial charge on any atom is -0.347 e. The van der Waals surface area contributed by atoms with Gasteiger partial charge in [0.05, 0.1) is 25.4 Å². The first-order valence-corrected chi connectivity index (χ1v) is 11.4. The molecule has 0 saturated carbocycles. The molecule has 4 heteroatoms. The molecule has 1 heterocycles. The molecule has 1 aliphatic carbocycles. The van der Waals surface area contributed by atoms with Gasteiger partial charge in [-0.25, -0.2) is 0 Å². The number of nitrogens with zero attached hydrogens (tertiary/aromatic N) is 2. The van der Waals surface area contributed by atoms with Crippen LogP contribution in [0, 0.1) is 34.0 Å². The minimum absolute atomic E-state index is 0.0616. The van der Waals surface area contributed by atoms with Gasteiger partial charge in [0.15, 0.2) is 11.2 Å². The molecule has 0 aromatic heterocycles. The van der Waals surface area contributed by atoms with E-state index in [2.05, 4.69) is 55.1 Å². The van der Waals surface area contributed by atoms with Crippen LogP contribution < -0.4 is 0 Å². The Hall–Kier alpha value is -3.44. The summed E-state index contributed by atoms with van der Waals surface area (Å²) < 4.78 is 12.1. The van der Waals surface area contributed by atoms with E-state index >= 15 is 0 Å². The summed E-state index contributed by atoms with van der Waals surface area (Å²) in [5.41, 5.74) is 1.80. The maximum Gasteiger partial charge on any atom is 0.172 e. The standard InChI is InChI=1S/C29H28N2O2/c1-2-16-28(21-30,22-31)27-15-17-29(32-18-19-33-29)20-26(27)25(24-11-7-4-8-12-24)14-13-23-9-5-3-6-10-23/h2-15,25-26H,1,16-20H2/b14-13+. The molecule has 2 unspecified atom stereocenters. The number of allylic oxidation sites excluding steroid dienone is 3. The normalized spacial score (nSPS) is 20.7. The average Bonchev–Trinajstić information content (AvgIpc) is 3.32. The smallest absolute Gasteiger partial charge is 0.172 e. The van der Waals surface area contributed by atoms with Gasteiger partial charge < -0.3 is 9.47 Å². The lowest BCUT2D eigenvalue weighted by atomic mass is 9.64. The molecule has 2 aromatic rings. The molecule has 4 nitrogen and oxygen atoms in total. The van der Waals surface area contributed by atoms with Crippen molar-refractivity contribution in [1.82, 2.24) is 0 Å². The summed E-state index contributed by atoms with van der Waals surface area (Å²) in [4.78, 5) is 0. The number of nitriles is 2. The van der Waals surface area contributed by atoms with Gasteiger partial charge in [-0.3, -0.25) is 0 Å². The van der Waals surface area contributed by atoms with E-state index in [1.807, 2.05) is 42.5 Å². The first-order valence-electron chi connectivity index (χ1n) is 11.4. The Morgan fingerprint density at radius 3 is 2.27 bits per heavy atom. The Morgan fingerprint density at radius 1 is 1.03 bits per heavy atom. The Morgan fingerprint density at radius 2 is 1.67 bits per heavy atom. The van der Waals surface area contributed by atoms with Crippen LogP contribution in [0.1, 0.15) is 36.3 Å². The number of hydrogen-bond acceptors (Lipinski definition) is 4. The molecule has 1 saturated heterocycles. The van der Waals surface area contributed by atoms with E-state index in [4.69, 9.17) is 9.47 Å². The van der Waals surface area contributed by atoms with Crippen molar-refractivity contribution < 1.29 is 9.47 Å². The summed E-state index contributed by atoms with van der Waals surface area (Å²) in [5, 5.41) is 20.3. The van der Waals surface area contributed by atoms with Crippen LogP contribution in [0.2, 0.25) is 0 Å². The first-order chi connectivity index (χ1) is 16.2. The second kappa shape index (κ2) is 10.0. The summed E-state index contributed by atoms with van der Waals surface area (Å²) in [6.45, 7) is 4.93. The van der Waals surface area contributed by atoms with Crippen LogP contribution in [-0.2, 0) is 9.47 Å². The molecular weight excluding hydrogens is 408 g/mol. The number of ether oxygens (including phenoxy) is 2. The predicted octanol–water partition coefficient (Wildman–Crippen LogP) is 6.17. The molecular formula is C29H28N2O2. The lowest BCUT2D eigenvalue weighted by Gasteiger charge is -2.42. The van der Waals surface area contributed by atoms with Gasteiger partial charge in [-0.15, -0.1) is 6.58 Å². The molecule has 2 atom stereocenters. The molecule has 2 aromatic carbocycles. The maximum atomic E-state index is 10.2. The summed E-state index contributed by atoms with van der Waals surface area (Å²) in [6.07, 6.45) is 9.37. The fourth-order valence-electron chi connectivity index (χ4n) is 5.00. The summed E-state index contributed by atoms with van der Waals surface area (Å²) in [6, 6.07) is 25.0. The molecule has 33 heavy (non-hydrogen) atoms. The minimum atomic E-state index is -1.26. The van der Waals surface area contributed by atoms with E-state index in [1.54, 1.807) is 6.08 Å². The van der Waals surface area contributed by atoms with Crippen LogP contribution in [0.25, 0.3) is 6.08 Å². The van der Waals surface area contributed by atoms with Crippen LogP contribution in [0.3, 0.4) is 0 Å². The fourth-order valence-corrected chi connectivity index (χ4v) is 5.00. The Kier molecular flexibility index (Phi) is 6.90. The van der Waals surface area contributed by atoms with Crippen LogP contribution in [0.4, 0.5) is 0 Å². The van der Waals surface area contributed by atoms with Crippen molar-refractivity contribution >= 4 is 6.08 Å². The molecule has 0 bridgehead atoms. The van der Waals surface area contributed by atoms with Crippen molar-refractivity contribution in [3.8, 4) is 12.1 Å². The molecule has 1 aliphatic heterocycles. The van der Waals surface area contributed by atoms with Crippen molar-refractivity contribution in [1.29, 1.82) is 10.5 Å². The van der Waals surface area contributed by atoms with Crippen molar-refractivity contribution in [2.75, 3.05) is 13.2 Å². The molecule has 2 aliphatic rings. The maximum absolute atomic E-state index is 10.2. The van der Waals surface area contributed by atoms with E-state index in [0.717, 1.165) is 16.7 Å². The van der Waals surface area contributed by atoms with Gasteiger partial charge in [-0.2, -0.15) is 10.5 Å². The third-order valence-corrected chi connectivity index (χ3v) is 6.62. The summed E-state index contributed by atoms with van der Waals surface area (Å²) in [5.74, 6) is -0.904. The van der Waals surface area contributed by atoms with Gasteiger partial charge >= 0.3 is 0 Å². The average molecular weight is 437 g/mol. The highest BCUT2D eigenvalue weighted by molar-refractivity contribution is 5.52. The number of benzene rings is 2. The Labute approximate surface area is 196 Å². The third-order valence-electron chi connectivity index (χ3n) is 6.62. The lowest BCUT2D eigenvalue weighted by Crippen LogP contribution is -2.41. The van der Waals surface area contributed by atoms with E-state index < -0.39 is 11.2 Å². The van der Waals surface area contributed by atoms with E-state index in [0.29, 0.717) is 26.1 Å². The topological polar surface area (TPSA) is 66.0 Å². The molecule has 4 rings (SSSR count). The largest absolute Gasteiger partial charge is 0.347 e. The van der Waals surface area contributed by atoms with Crippen LogP contribution >= 0.6 is 0 Å². The van der Waals surface area contributed by atoms with E-state index in [9.17, 15) is 10.5 Å². The predicted molar refractivity (Wildman–Crippen MR) is 129 cm³/mol. The highest BCUT2D eigenvalue weighted by atomic mass is 16.7. The molecule has 1 spiro atoms. The highest BCUT2D eigenvalue weighted by Gasteiger charge is 2.49.